The second-order valence-electron chi connectivity index (χ2n) is 13.6. The highest BCUT2D eigenvalue weighted by Gasteiger charge is 2.18. The first-order chi connectivity index (χ1) is 26.3. The van der Waals surface area contributed by atoms with Gasteiger partial charge >= 0.3 is 0 Å². The number of benzene rings is 7. The van der Waals surface area contributed by atoms with Crippen LogP contribution < -0.4 is 4.90 Å². The van der Waals surface area contributed by atoms with Crippen LogP contribution in [-0.4, -0.2) is 0 Å². The Labute approximate surface area is 314 Å². The topological polar surface area (TPSA) is 3.24 Å². The van der Waals surface area contributed by atoms with Gasteiger partial charge < -0.3 is 4.90 Å². The number of aryl methyl sites for hydroxylation is 2. The fraction of sp³-hybridized carbons (Fsp3) is 0.0769. The molecular weight excluding hydrogens is 639 g/mol. The van der Waals surface area contributed by atoms with Crippen molar-refractivity contribution in [3.05, 3.63) is 245 Å². The molecule has 0 saturated carbocycles. The third kappa shape index (κ3) is 7.91. The number of para-hydroxylation sites is 1. The molecule has 7 aromatic rings. The Morgan fingerprint density at radius 2 is 0.962 bits per heavy atom. The lowest BCUT2D eigenvalue weighted by molar-refractivity contribution is 0.685. The third-order valence-corrected chi connectivity index (χ3v) is 10.1. The highest BCUT2D eigenvalue weighted by atomic mass is 15.1. The maximum atomic E-state index is 2.44. The van der Waals surface area contributed by atoms with Crippen LogP contribution in [0.3, 0.4) is 0 Å². The summed E-state index contributed by atoms with van der Waals surface area (Å²) in [6.45, 7) is 0. The average molecular weight is 682 g/mol. The molecule has 0 atom stereocenters. The van der Waals surface area contributed by atoms with Gasteiger partial charge in [0, 0.05) is 11.4 Å². The van der Waals surface area contributed by atoms with E-state index in [0.29, 0.717) is 0 Å². The lowest BCUT2D eigenvalue weighted by atomic mass is 9.91. The minimum Gasteiger partial charge on any atom is -0.310 e. The van der Waals surface area contributed by atoms with Crippen molar-refractivity contribution in [3.8, 4) is 0 Å². The van der Waals surface area contributed by atoms with Crippen molar-refractivity contribution in [1.29, 1.82) is 0 Å². The van der Waals surface area contributed by atoms with Gasteiger partial charge in [0.25, 0.3) is 0 Å². The molecule has 0 amide bonds. The second kappa shape index (κ2) is 16.3. The van der Waals surface area contributed by atoms with Crippen LogP contribution in [0.15, 0.2) is 200 Å². The molecule has 0 N–H and O–H groups in total. The van der Waals surface area contributed by atoms with Gasteiger partial charge in [-0.05, 0) is 118 Å². The van der Waals surface area contributed by atoms with Gasteiger partial charge in [-0.25, -0.2) is 0 Å². The summed E-state index contributed by atoms with van der Waals surface area (Å²) in [6, 6.07) is 67.5. The van der Waals surface area contributed by atoms with Crippen LogP contribution in [-0.2, 0) is 12.8 Å². The molecule has 0 spiro atoms. The van der Waals surface area contributed by atoms with Crippen molar-refractivity contribution in [1.82, 2.24) is 0 Å². The van der Waals surface area contributed by atoms with Crippen molar-refractivity contribution in [2.24, 2.45) is 0 Å². The summed E-state index contributed by atoms with van der Waals surface area (Å²) >= 11 is 0. The van der Waals surface area contributed by atoms with Gasteiger partial charge in [-0.1, -0.05) is 176 Å². The summed E-state index contributed by atoms with van der Waals surface area (Å²) in [5.41, 5.74) is 15.9. The molecule has 0 radical (unpaired) electrons. The maximum Gasteiger partial charge on any atom is 0.0533 e. The van der Waals surface area contributed by atoms with Crippen LogP contribution in [0.5, 0.6) is 0 Å². The number of allylic oxidation sites excluding steroid dienone is 2. The summed E-state index contributed by atoms with van der Waals surface area (Å²) in [5.74, 6) is 0. The smallest absolute Gasteiger partial charge is 0.0533 e. The largest absolute Gasteiger partial charge is 0.310 e. The first kappa shape index (κ1) is 33.7. The highest BCUT2D eigenvalue weighted by molar-refractivity contribution is 5.92. The van der Waals surface area contributed by atoms with Gasteiger partial charge in [-0.3, -0.25) is 0 Å². The number of fused-ring (bicyclic) bond motifs is 1. The van der Waals surface area contributed by atoms with E-state index in [9.17, 15) is 0 Å². The molecule has 8 rings (SSSR count). The quantitative estimate of drug-likeness (QED) is 0.103. The standard InChI is InChI=1S/C52H43N/c1-5-21-42(22-6-1)50(43-23-7-2-8-24-43)33-18-31-46-29-15-16-34-52(46)53(49-36-35-41-20-13-14-30-47(41)39-49)48-32-17-19-40(37-48)38-51(44-25-9-3-10-26-44)45-27-11-4-12-28-45/h1-12,15-19,21-29,31-39H,13-14,20,30H2. The molecular formula is C52H43N. The predicted molar refractivity (Wildman–Crippen MR) is 227 cm³/mol. The SMILES string of the molecule is C(=Cc1ccccc1N(c1cccc(C=C(c2ccccc2)c2ccccc2)c1)c1ccc2c(c1)CCCC2)C=C(c1ccccc1)c1ccccc1. The van der Waals surface area contributed by atoms with E-state index in [0.717, 1.165) is 35.3 Å². The van der Waals surface area contributed by atoms with Crippen molar-refractivity contribution < 1.29 is 0 Å². The van der Waals surface area contributed by atoms with E-state index in [1.165, 1.54) is 63.1 Å². The van der Waals surface area contributed by atoms with E-state index in [1.807, 2.05) is 0 Å². The fourth-order valence-electron chi connectivity index (χ4n) is 7.45. The lowest BCUT2D eigenvalue weighted by Gasteiger charge is -2.29. The van der Waals surface area contributed by atoms with E-state index in [2.05, 4.69) is 217 Å². The van der Waals surface area contributed by atoms with E-state index in [1.54, 1.807) is 0 Å². The second-order valence-corrected chi connectivity index (χ2v) is 13.6. The molecule has 1 nitrogen and oxygen atoms in total. The molecule has 256 valence electrons. The number of anilines is 3. The molecule has 0 saturated heterocycles. The van der Waals surface area contributed by atoms with Crippen LogP contribution >= 0.6 is 0 Å². The van der Waals surface area contributed by atoms with Gasteiger partial charge in [0.05, 0.1) is 5.69 Å². The van der Waals surface area contributed by atoms with Crippen LogP contribution in [0.25, 0.3) is 23.3 Å². The molecule has 53 heavy (non-hydrogen) atoms. The van der Waals surface area contributed by atoms with Crippen LogP contribution in [0.1, 0.15) is 57.3 Å². The number of hydrogen-bond acceptors (Lipinski definition) is 1. The van der Waals surface area contributed by atoms with Gasteiger partial charge in [-0.15, -0.1) is 0 Å². The zero-order valence-electron chi connectivity index (χ0n) is 30.0. The number of nitrogens with zero attached hydrogens (tertiary/aromatic N) is 1. The molecule has 1 aliphatic rings. The van der Waals surface area contributed by atoms with E-state index in [-0.39, 0.29) is 0 Å². The van der Waals surface area contributed by atoms with Gasteiger partial charge in [0.1, 0.15) is 0 Å². The summed E-state index contributed by atoms with van der Waals surface area (Å²) in [7, 11) is 0. The first-order valence-corrected chi connectivity index (χ1v) is 18.7. The molecule has 0 aliphatic heterocycles. The molecule has 0 fully saturated rings. The Kier molecular flexibility index (Phi) is 10.3. The molecule has 0 heterocycles. The Hall–Kier alpha value is -6.44. The minimum atomic E-state index is 1.13. The van der Waals surface area contributed by atoms with Crippen LogP contribution in [0.2, 0.25) is 0 Å². The lowest BCUT2D eigenvalue weighted by Crippen LogP contribution is -2.13. The van der Waals surface area contributed by atoms with Crippen molar-refractivity contribution in [3.63, 3.8) is 0 Å². The summed E-state index contributed by atoms with van der Waals surface area (Å²) < 4.78 is 0. The number of rotatable bonds is 10. The third-order valence-electron chi connectivity index (χ3n) is 10.1. The molecule has 0 unspecified atom stereocenters. The van der Waals surface area contributed by atoms with Gasteiger partial charge in [0.15, 0.2) is 0 Å². The molecule has 0 bridgehead atoms. The number of hydrogen-bond donors (Lipinski definition) is 0. The van der Waals surface area contributed by atoms with Crippen molar-refractivity contribution in [2.45, 2.75) is 25.7 Å². The highest BCUT2D eigenvalue weighted by Crippen LogP contribution is 2.40. The molecule has 0 aromatic heterocycles. The Morgan fingerprint density at radius 3 is 1.58 bits per heavy atom. The van der Waals surface area contributed by atoms with Crippen LogP contribution in [0.4, 0.5) is 17.1 Å². The Bertz CT molecular complexity index is 2280. The summed E-state index contributed by atoms with van der Waals surface area (Å²) in [6.07, 6.45) is 13.8. The Balaban J connectivity index is 1.24. The minimum absolute atomic E-state index is 1.13. The fourth-order valence-corrected chi connectivity index (χ4v) is 7.45. The van der Waals surface area contributed by atoms with Crippen molar-refractivity contribution >= 4 is 40.4 Å². The van der Waals surface area contributed by atoms with E-state index < -0.39 is 0 Å². The van der Waals surface area contributed by atoms with Gasteiger partial charge in [0.2, 0.25) is 0 Å². The molecule has 7 aromatic carbocycles. The molecule has 1 heteroatoms. The van der Waals surface area contributed by atoms with E-state index >= 15 is 0 Å². The van der Waals surface area contributed by atoms with Crippen molar-refractivity contribution in [2.75, 3.05) is 4.90 Å². The summed E-state index contributed by atoms with van der Waals surface area (Å²) in [5, 5.41) is 0. The zero-order chi connectivity index (χ0) is 35.7. The normalized spacial score (nSPS) is 12.2. The molecule has 1 aliphatic carbocycles. The van der Waals surface area contributed by atoms with Crippen LogP contribution in [0, 0.1) is 0 Å². The zero-order valence-corrected chi connectivity index (χ0v) is 30.0. The summed E-state index contributed by atoms with van der Waals surface area (Å²) in [4.78, 5) is 2.44. The Morgan fingerprint density at radius 1 is 0.434 bits per heavy atom. The average Bonchev–Trinajstić information content (AvgIpc) is 3.23. The maximum absolute atomic E-state index is 2.44. The van der Waals surface area contributed by atoms with E-state index in [4.69, 9.17) is 0 Å². The monoisotopic (exact) mass is 681 g/mol. The predicted octanol–water partition coefficient (Wildman–Crippen LogP) is 13.8. The first-order valence-electron chi connectivity index (χ1n) is 18.7. The van der Waals surface area contributed by atoms with Gasteiger partial charge in [-0.2, -0.15) is 0 Å².